The molecule has 0 saturated carbocycles. The highest BCUT2D eigenvalue weighted by Gasteiger charge is 2.33. The second kappa shape index (κ2) is 8.23. The highest BCUT2D eigenvalue weighted by atomic mass is 16.5. The van der Waals surface area contributed by atoms with Crippen molar-refractivity contribution >= 4 is 16.8 Å². The number of carbonyl (C=O) groups excluding carboxylic acids is 1. The van der Waals surface area contributed by atoms with Crippen LogP contribution >= 0.6 is 0 Å². The van der Waals surface area contributed by atoms with Gasteiger partial charge in [0.05, 0.1) is 17.4 Å². The van der Waals surface area contributed by atoms with Crippen LogP contribution in [0.25, 0.3) is 10.9 Å². The van der Waals surface area contributed by atoms with E-state index in [1.165, 1.54) is 0 Å². The number of hydrogen-bond donors (Lipinski definition) is 2. The van der Waals surface area contributed by atoms with Crippen molar-refractivity contribution in [1.82, 2.24) is 25.2 Å². The first-order valence-corrected chi connectivity index (χ1v) is 10.1. The molecule has 1 aliphatic rings. The van der Waals surface area contributed by atoms with Crippen LogP contribution in [0.15, 0.2) is 41.5 Å². The van der Waals surface area contributed by atoms with Crippen molar-refractivity contribution in [2.75, 3.05) is 20.1 Å². The fourth-order valence-corrected chi connectivity index (χ4v) is 3.60. The average molecular weight is 407 g/mol. The Balaban J connectivity index is 1.38. The van der Waals surface area contributed by atoms with Gasteiger partial charge >= 0.3 is 0 Å². The van der Waals surface area contributed by atoms with E-state index in [0.29, 0.717) is 17.9 Å². The van der Waals surface area contributed by atoms with E-state index in [9.17, 15) is 9.59 Å². The molecule has 1 aliphatic heterocycles. The van der Waals surface area contributed by atoms with Crippen molar-refractivity contribution in [2.24, 2.45) is 0 Å². The highest BCUT2D eigenvalue weighted by molar-refractivity contribution is 5.92. The van der Waals surface area contributed by atoms with Gasteiger partial charge in [0.25, 0.3) is 11.5 Å². The second-order valence-electron chi connectivity index (χ2n) is 7.50. The largest absolute Gasteiger partial charge is 0.486 e. The lowest BCUT2D eigenvalue weighted by molar-refractivity contribution is -0.00639. The molecule has 1 unspecified atom stereocenters. The number of pyridine rings is 3. The predicted molar refractivity (Wildman–Crippen MR) is 114 cm³/mol. The number of aromatic amines is 1. The molecule has 1 fully saturated rings. The van der Waals surface area contributed by atoms with Crippen molar-refractivity contribution in [3.63, 3.8) is 0 Å². The number of hydrogen-bond acceptors (Lipinski definition) is 6. The molecule has 8 nitrogen and oxygen atoms in total. The van der Waals surface area contributed by atoms with Crippen molar-refractivity contribution < 1.29 is 9.53 Å². The first-order chi connectivity index (χ1) is 14.5. The van der Waals surface area contributed by atoms with Gasteiger partial charge < -0.3 is 15.0 Å². The number of H-pyrrole nitrogens is 1. The van der Waals surface area contributed by atoms with E-state index in [4.69, 9.17) is 4.74 Å². The minimum absolute atomic E-state index is 0.0386. The summed E-state index contributed by atoms with van der Waals surface area (Å²) in [6.45, 7) is 5.60. The standard InChI is InChI=1S/C22H25N5O3/c1-4-14-7-15-9-24-19(8-20(15)26-21(14)28)13(2)27-11-17(12-27)30-16-5-6-18(25-10-16)22(29)23-3/h5-10,13,17H,4,11-12H2,1-3H3,(H,23,29)(H,26,28). The molecule has 3 aromatic rings. The Labute approximate surface area is 174 Å². The Morgan fingerprint density at radius 3 is 2.77 bits per heavy atom. The van der Waals surface area contributed by atoms with Gasteiger partial charge in [0, 0.05) is 43.3 Å². The molecule has 0 spiro atoms. The van der Waals surface area contributed by atoms with E-state index < -0.39 is 0 Å². The van der Waals surface area contributed by atoms with Gasteiger partial charge in [0.2, 0.25) is 0 Å². The first kappa shape index (κ1) is 20.0. The summed E-state index contributed by atoms with van der Waals surface area (Å²) >= 11 is 0. The van der Waals surface area contributed by atoms with Crippen molar-refractivity contribution in [1.29, 1.82) is 0 Å². The van der Waals surface area contributed by atoms with E-state index in [1.807, 2.05) is 25.3 Å². The lowest BCUT2D eigenvalue weighted by Crippen LogP contribution is -2.54. The number of nitrogens with zero attached hydrogens (tertiary/aromatic N) is 3. The maximum atomic E-state index is 12.1. The van der Waals surface area contributed by atoms with E-state index in [1.54, 1.807) is 25.4 Å². The summed E-state index contributed by atoms with van der Waals surface area (Å²) in [5.41, 5.74) is 2.82. The third-order valence-corrected chi connectivity index (χ3v) is 5.56. The van der Waals surface area contributed by atoms with E-state index in [0.717, 1.165) is 35.2 Å². The van der Waals surface area contributed by atoms with Crippen LogP contribution in [-0.2, 0) is 6.42 Å². The molecule has 4 heterocycles. The van der Waals surface area contributed by atoms with E-state index in [2.05, 4.69) is 32.1 Å². The minimum atomic E-state index is -0.222. The zero-order chi connectivity index (χ0) is 21.3. The number of nitrogens with one attached hydrogen (secondary N) is 2. The third-order valence-electron chi connectivity index (χ3n) is 5.56. The topological polar surface area (TPSA) is 100 Å². The molecule has 2 N–H and O–H groups in total. The summed E-state index contributed by atoms with van der Waals surface area (Å²) in [4.78, 5) is 37.6. The number of aryl methyl sites for hydroxylation is 1. The van der Waals surface area contributed by atoms with Gasteiger partial charge in [-0.1, -0.05) is 6.92 Å². The maximum absolute atomic E-state index is 12.1. The Morgan fingerprint density at radius 1 is 1.30 bits per heavy atom. The molecule has 1 amide bonds. The van der Waals surface area contributed by atoms with Crippen LogP contribution in [0.4, 0.5) is 0 Å². The van der Waals surface area contributed by atoms with Crippen molar-refractivity contribution in [3.8, 4) is 5.75 Å². The van der Waals surface area contributed by atoms with Crippen LogP contribution in [0.3, 0.4) is 0 Å². The van der Waals surface area contributed by atoms with Crippen LogP contribution in [0.5, 0.6) is 5.75 Å². The fraction of sp³-hybridized carbons (Fsp3) is 0.364. The molecule has 1 atom stereocenters. The predicted octanol–water partition coefficient (Wildman–Crippen LogP) is 2.06. The molecule has 156 valence electrons. The van der Waals surface area contributed by atoms with Gasteiger partial charge in [-0.2, -0.15) is 0 Å². The first-order valence-electron chi connectivity index (χ1n) is 10.1. The number of likely N-dealkylation sites (tertiary alicyclic amines) is 1. The quantitative estimate of drug-likeness (QED) is 0.649. The van der Waals surface area contributed by atoms with Gasteiger partial charge in [0.15, 0.2) is 0 Å². The molecule has 0 aromatic carbocycles. The lowest BCUT2D eigenvalue weighted by atomic mass is 10.0. The number of amides is 1. The Bertz CT molecular complexity index is 1120. The molecule has 0 bridgehead atoms. The van der Waals surface area contributed by atoms with Gasteiger partial charge in [-0.15, -0.1) is 0 Å². The van der Waals surface area contributed by atoms with Crippen molar-refractivity contribution in [3.05, 3.63) is 64.0 Å². The Kier molecular flexibility index (Phi) is 5.50. The summed E-state index contributed by atoms with van der Waals surface area (Å²) in [6, 6.07) is 7.38. The number of fused-ring (bicyclic) bond motifs is 1. The number of rotatable bonds is 6. The molecule has 30 heavy (non-hydrogen) atoms. The zero-order valence-corrected chi connectivity index (χ0v) is 17.3. The average Bonchev–Trinajstić information content (AvgIpc) is 2.74. The van der Waals surface area contributed by atoms with Crippen LogP contribution in [0.1, 0.15) is 41.6 Å². The van der Waals surface area contributed by atoms with Gasteiger partial charge in [-0.05, 0) is 37.6 Å². The SMILES string of the molecule is CCc1cc2cnc(C(C)N3CC(Oc4ccc(C(=O)NC)nc4)C3)cc2[nH]c1=O. The Morgan fingerprint density at radius 2 is 2.10 bits per heavy atom. The highest BCUT2D eigenvalue weighted by Crippen LogP contribution is 2.27. The molecule has 4 rings (SSSR count). The van der Waals surface area contributed by atoms with E-state index >= 15 is 0 Å². The lowest BCUT2D eigenvalue weighted by Gasteiger charge is -2.42. The molecule has 0 radical (unpaired) electrons. The third kappa shape index (κ3) is 3.91. The maximum Gasteiger partial charge on any atom is 0.269 e. The van der Waals surface area contributed by atoms with Gasteiger partial charge in [-0.3, -0.25) is 19.5 Å². The normalized spacial score (nSPS) is 15.6. The minimum Gasteiger partial charge on any atom is -0.486 e. The molecule has 8 heteroatoms. The van der Waals surface area contributed by atoms with Crippen LogP contribution in [-0.4, -0.2) is 52.0 Å². The summed E-state index contributed by atoms with van der Waals surface area (Å²) in [6.07, 6.45) is 4.15. The van der Waals surface area contributed by atoms with Crippen LogP contribution in [0, 0.1) is 0 Å². The van der Waals surface area contributed by atoms with Crippen LogP contribution < -0.4 is 15.6 Å². The van der Waals surface area contributed by atoms with Gasteiger partial charge in [-0.25, -0.2) is 4.98 Å². The second-order valence-corrected chi connectivity index (χ2v) is 7.50. The molecular weight excluding hydrogens is 382 g/mol. The fourth-order valence-electron chi connectivity index (χ4n) is 3.60. The monoisotopic (exact) mass is 407 g/mol. The van der Waals surface area contributed by atoms with E-state index in [-0.39, 0.29) is 23.6 Å². The number of aromatic nitrogens is 3. The summed E-state index contributed by atoms with van der Waals surface area (Å²) in [7, 11) is 1.57. The number of ether oxygens (including phenoxy) is 1. The zero-order valence-electron chi connectivity index (χ0n) is 17.3. The summed E-state index contributed by atoms with van der Waals surface area (Å²) in [5.74, 6) is 0.424. The van der Waals surface area contributed by atoms with Gasteiger partial charge in [0.1, 0.15) is 17.5 Å². The van der Waals surface area contributed by atoms with Crippen LogP contribution in [0.2, 0.25) is 0 Å². The molecule has 1 saturated heterocycles. The van der Waals surface area contributed by atoms with Crippen molar-refractivity contribution in [2.45, 2.75) is 32.4 Å². The summed E-state index contributed by atoms with van der Waals surface area (Å²) < 4.78 is 5.94. The summed E-state index contributed by atoms with van der Waals surface area (Å²) in [5, 5.41) is 3.49. The number of carbonyl (C=O) groups is 1. The molecular formula is C22H25N5O3. The Hall–Kier alpha value is -3.26. The molecule has 3 aromatic heterocycles. The molecule has 0 aliphatic carbocycles. The smallest absolute Gasteiger partial charge is 0.269 e.